The lowest BCUT2D eigenvalue weighted by Gasteiger charge is -2.47. The summed E-state index contributed by atoms with van der Waals surface area (Å²) in [6.07, 6.45) is 0.498. The predicted octanol–water partition coefficient (Wildman–Crippen LogP) is 5.01. The van der Waals surface area contributed by atoms with Gasteiger partial charge >= 0.3 is 0 Å². The van der Waals surface area contributed by atoms with Gasteiger partial charge in [0.25, 0.3) is 0 Å². The molecule has 5 nitrogen and oxygen atoms in total. The van der Waals surface area contributed by atoms with Gasteiger partial charge in [-0.25, -0.2) is 0 Å². The molecule has 34 heavy (non-hydrogen) atoms. The number of piperazine rings is 1. The predicted molar refractivity (Wildman–Crippen MR) is 133 cm³/mol. The molecule has 2 amide bonds. The van der Waals surface area contributed by atoms with E-state index in [0.29, 0.717) is 18.0 Å². The van der Waals surface area contributed by atoms with Gasteiger partial charge in [-0.3, -0.25) is 9.59 Å². The van der Waals surface area contributed by atoms with Crippen molar-refractivity contribution in [1.82, 2.24) is 14.8 Å². The lowest BCUT2D eigenvalue weighted by atomic mass is 9.86. The smallest absolute Gasteiger partial charge is 0.246 e. The lowest BCUT2D eigenvalue weighted by molar-refractivity contribution is -0.159. The second-order valence-electron chi connectivity index (χ2n) is 9.22. The molecule has 2 aliphatic heterocycles. The summed E-state index contributed by atoms with van der Waals surface area (Å²) in [5.74, 6) is -0.0453. The van der Waals surface area contributed by atoms with Crippen LogP contribution in [0, 0.1) is 6.92 Å². The number of nitrogens with zero attached hydrogens (tertiary/aromatic N) is 2. The molecule has 1 aromatic heterocycles. The van der Waals surface area contributed by atoms with Crippen LogP contribution in [0.25, 0.3) is 10.9 Å². The van der Waals surface area contributed by atoms with E-state index in [1.54, 1.807) is 9.80 Å². The summed E-state index contributed by atoms with van der Waals surface area (Å²) in [6.45, 7) is 2.54. The van der Waals surface area contributed by atoms with Crippen LogP contribution in [0.3, 0.4) is 0 Å². The van der Waals surface area contributed by atoms with Crippen LogP contribution in [-0.4, -0.2) is 39.2 Å². The maximum atomic E-state index is 13.8. The van der Waals surface area contributed by atoms with E-state index in [2.05, 4.69) is 11.1 Å². The van der Waals surface area contributed by atoms with Crippen molar-refractivity contribution in [1.29, 1.82) is 0 Å². The molecule has 0 spiro atoms. The zero-order chi connectivity index (χ0) is 23.4. The number of nitrogens with one attached hydrogen (secondary N) is 1. The van der Waals surface area contributed by atoms with Gasteiger partial charge in [-0.05, 0) is 41.8 Å². The van der Waals surface area contributed by atoms with E-state index in [0.717, 1.165) is 33.3 Å². The molecule has 170 valence electrons. The molecule has 2 atom stereocenters. The fourth-order valence-electron chi connectivity index (χ4n) is 5.36. The summed E-state index contributed by atoms with van der Waals surface area (Å²) >= 11 is 6.16. The molecule has 0 radical (unpaired) electrons. The first-order chi connectivity index (χ1) is 16.5. The number of aryl methyl sites for hydroxylation is 1. The van der Waals surface area contributed by atoms with Crippen molar-refractivity contribution in [3.63, 3.8) is 0 Å². The van der Waals surface area contributed by atoms with Crippen LogP contribution >= 0.6 is 11.6 Å². The third-order valence-electron chi connectivity index (χ3n) is 7.02. The quantitative estimate of drug-likeness (QED) is 0.458. The maximum Gasteiger partial charge on any atom is 0.246 e. The van der Waals surface area contributed by atoms with Crippen molar-refractivity contribution in [3.8, 4) is 0 Å². The molecule has 3 aromatic carbocycles. The van der Waals surface area contributed by atoms with E-state index >= 15 is 0 Å². The Balaban J connectivity index is 1.44. The first-order valence-corrected chi connectivity index (χ1v) is 11.9. The van der Waals surface area contributed by atoms with Gasteiger partial charge in [0, 0.05) is 34.6 Å². The average Bonchev–Trinajstić information content (AvgIpc) is 3.21. The third kappa shape index (κ3) is 3.39. The Bertz CT molecular complexity index is 1410. The summed E-state index contributed by atoms with van der Waals surface area (Å²) < 4.78 is 0. The number of fused-ring (bicyclic) bond motifs is 4. The number of para-hydroxylation sites is 1. The molecule has 2 aliphatic rings. The normalized spacial score (nSPS) is 19.9. The van der Waals surface area contributed by atoms with Crippen LogP contribution in [0.2, 0.25) is 5.02 Å². The highest BCUT2D eigenvalue weighted by Gasteiger charge is 2.48. The molecule has 1 saturated heterocycles. The first kappa shape index (κ1) is 21.0. The second-order valence-corrected chi connectivity index (χ2v) is 9.65. The summed E-state index contributed by atoms with van der Waals surface area (Å²) in [5, 5.41) is 1.74. The number of aromatic amines is 1. The SMILES string of the molecule is Cc1ccc(CN2CC(=O)N3C(Cc4c([nH]c5ccccc45)C3c3ccc(Cl)cc3)C2=O)cc1. The highest BCUT2D eigenvalue weighted by molar-refractivity contribution is 6.30. The molecule has 6 rings (SSSR count). The number of amides is 2. The fraction of sp³-hybridized carbons (Fsp3) is 0.214. The van der Waals surface area contributed by atoms with E-state index in [1.165, 1.54) is 5.56 Å². The van der Waals surface area contributed by atoms with Gasteiger partial charge < -0.3 is 14.8 Å². The van der Waals surface area contributed by atoms with Gasteiger partial charge in [0.05, 0.1) is 6.04 Å². The molecule has 1 fully saturated rings. The summed E-state index contributed by atoms with van der Waals surface area (Å²) in [4.78, 5) is 34.4. The summed E-state index contributed by atoms with van der Waals surface area (Å²) in [7, 11) is 0. The van der Waals surface area contributed by atoms with Crippen LogP contribution in [-0.2, 0) is 22.6 Å². The van der Waals surface area contributed by atoms with Crippen LogP contribution < -0.4 is 0 Å². The number of H-pyrrole nitrogens is 1. The van der Waals surface area contributed by atoms with E-state index in [1.807, 2.05) is 73.7 Å². The molecule has 1 N–H and O–H groups in total. The number of halogens is 1. The Morgan fingerprint density at radius 1 is 0.971 bits per heavy atom. The minimum atomic E-state index is -0.543. The van der Waals surface area contributed by atoms with Crippen molar-refractivity contribution in [2.24, 2.45) is 0 Å². The second kappa shape index (κ2) is 8.03. The van der Waals surface area contributed by atoms with Crippen LogP contribution in [0.15, 0.2) is 72.8 Å². The molecule has 0 bridgehead atoms. The number of benzene rings is 3. The Hall–Kier alpha value is -3.57. The van der Waals surface area contributed by atoms with E-state index in [9.17, 15) is 9.59 Å². The van der Waals surface area contributed by atoms with Crippen molar-refractivity contribution in [2.45, 2.75) is 32.0 Å². The lowest BCUT2D eigenvalue weighted by Crippen LogP contribution is -2.62. The number of carbonyl (C=O) groups is 2. The topological polar surface area (TPSA) is 56.4 Å². The van der Waals surface area contributed by atoms with Crippen molar-refractivity contribution in [3.05, 3.63) is 106 Å². The van der Waals surface area contributed by atoms with Crippen molar-refractivity contribution in [2.75, 3.05) is 6.54 Å². The zero-order valence-corrected chi connectivity index (χ0v) is 19.5. The largest absolute Gasteiger partial charge is 0.356 e. The minimum absolute atomic E-state index is 0.00457. The number of hydrogen-bond donors (Lipinski definition) is 1. The van der Waals surface area contributed by atoms with E-state index < -0.39 is 6.04 Å². The first-order valence-electron chi connectivity index (χ1n) is 11.5. The molecular weight excluding hydrogens is 446 g/mol. The Morgan fingerprint density at radius 2 is 1.71 bits per heavy atom. The standard InChI is InChI=1S/C28H24ClN3O2/c1-17-6-8-18(9-7-17)15-31-16-25(33)32-24(28(31)34)14-22-21-4-2-3-5-23(21)30-26(22)27(32)19-10-12-20(29)13-11-19/h2-13,24,27,30H,14-16H2,1H3. The monoisotopic (exact) mass is 469 g/mol. The van der Waals surface area contributed by atoms with E-state index in [4.69, 9.17) is 11.6 Å². The summed E-state index contributed by atoms with van der Waals surface area (Å²) in [5.41, 5.74) is 6.24. The average molecular weight is 470 g/mol. The van der Waals surface area contributed by atoms with Crippen molar-refractivity contribution < 1.29 is 9.59 Å². The molecule has 4 aromatic rings. The van der Waals surface area contributed by atoms with Crippen molar-refractivity contribution >= 4 is 34.3 Å². The number of hydrogen-bond acceptors (Lipinski definition) is 2. The number of aromatic nitrogens is 1. The Morgan fingerprint density at radius 3 is 2.47 bits per heavy atom. The zero-order valence-electron chi connectivity index (χ0n) is 18.8. The van der Waals surface area contributed by atoms with Crippen LogP contribution in [0.1, 0.15) is 34.0 Å². The molecule has 6 heteroatoms. The third-order valence-corrected chi connectivity index (χ3v) is 7.27. The highest BCUT2D eigenvalue weighted by atomic mass is 35.5. The number of carbonyl (C=O) groups excluding carboxylic acids is 2. The van der Waals surface area contributed by atoms with Gasteiger partial charge in [0.15, 0.2) is 0 Å². The Kier molecular flexibility index (Phi) is 4.96. The fourth-order valence-corrected chi connectivity index (χ4v) is 5.49. The Labute approximate surface area is 202 Å². The highest BCUT2D eigenvalue weighted by Crippen LogP contribution is 2.42. The maximum absolute atomic E-state index is 13.8. The summed E-state index contributed by atoms with van der Waals surface area (Å²) in [6, 6.07) is 22.9. The van der Waals surface area contributed by atoms with Crippen LogP contribution in [0.5, 0.6) is 0 Å². The molecule has 3 heterocycles. The van der Waals surface area contributed by atoms with Gasteiger partial charge in [0.2, 0.25) is 11.8 Å². The molecule has 0 aliphatic carbocycles. The molecule has 2 unspecified atom stereocenters. The minimum Gasteiger partial charge on any atom is -0.356 e. The van der Waals surface area contributed by atoms with Gasteiger partial charge in [-0.15, -0.1) is 0 Å². The van der Waals surface area contributed by atoms with E-state index in [-0.39, 0.29) is 24.4 Å². The van der Waals surface area contributed by atoms with Gasteiger partial charge in [-0.1, -0.05) is 71.8 Å². The van der Waals surface area contributed by atoms with Gasteiger partial charge in [0.1, 0.15) is 12.6 Å². The number of rotatable bonds is 3. The van der Waals surface area contributed by atoms with Gasteiger partial charge in [-0.2, -0.15) is 0 Å². The molecular formula is C28H24ClN3O2. The van der Waals surface area contributed by atoms with Crippen LogP contribution in [0.4, 0.5) is 0 Å². The molecule has 0 saturated carbocycles.